The molecule has 0 aliphatic carbocycles. The summed E-state index contributed by atoms with van der Waals surface area (Å²) in [5.74, 6) is 0.455. The maximum Gasteiger partial charge on any atom is 0.104 e. The molecule has 0 radical (unpaired) electrons. The van der Waals surface area contributed by atoms with Gasteiger partial charge in [0.05, 0.1) is 18.9 Å². The molecule has 25 heavy (non-hydrogen) atoms. The van der Waals surface area contributed by atoms with Gasteiger partial charge in [0.1, 0.15) is 6.10 Å². The van der Waals surface area contributed by atoms with Crippen molar-refractivity contribution in [1.29, 1.82) is 0 Å². The summed E-state index contributed by atoms with van der Waals surface area (Å²) >= 11 is 0. The number of fused-ring (bicyclic) bond motifs is 1. The first-order chi connectivity index (χ1) is 12.4. The predicted octanol–water partition coefficient (Wildman–Crippen LogP) is 3.56. The second kappa shape index (κ2) is 7.58. The van der Waals surface area contributed by atoms with Crippen LogP contribution < -0.4 is 5.32 Å². The number of nitrogens with one attached hydrogen (secondary N) is 1. The van der Waals surface area contributed by atoms with Crippen molar-refractivity contribution in [3.63, 3.8) is 0 Å². The molecule has 3 heterocycles. The van der Waals surface area contributed by atoms with Gasteiger partial charge < -0.3 is 14.8 Å². The largest absolute Gasteiger partial charge is 0.384 e. The number of rotatable bonds is 5. The van der Waals surface area contributed by atoms with E-state index in [1.165, 1.54) is 28.9 Å². The number of hydrogen-bond acceptors (Lipinski definition) is 4. The topological polar surface area (TPSA) is 48.3 Å². The van der Waals surface area contributed by atoms with E-state index < -0.39 is 0 Å². The zero-order chi connectivity index (χ0) is 17.1. The lowest BCUT2D eigenvalue weighted by Gasteiger charge is -2.33. The van der Waals surface area contributed by atoms with Gasteiger partial charge in [0.2, 0.25) is 0 Å². The van der Waals surface area contributed by atoms with Crippen molar-refractivity contribution in [3.05, 3.63) is 47.3 Å². The van der Waals surface area contributed by atoms with Crippen LogP contribution >= 0.6 is 0 Å². The Kier molecular flexibility index (Phi) is 5.04. The summed E-state index contributed by atoms with van der Waals surface area (Å²) < 4.78 is 13.9. The molecule has 2 atom stereocenters. The van der Waals surface area contributed by atoms with Gasteiger partial charge >= 0.3 is 0 Å². The molecule has 4 rings (SSSR count). The highest BCUT2D eigenvalue weighted by Gasteiger charge is 2.30. The summed E-state index contributed by atoms with van der Waals surface area (Å²) in [5, 5.41) is 8.10. The van der Waals surface area contributed by atoms with E-state index in [0.717, 1.165) is 39.1 Å². The third-order valence-corrected chi connectivity index (χ3v) is 5.38. The second-order valence-corrected chi connectivity index (χ2v) is 6.89. The van der Waals surface area contributed by atoms with Gasteiger partial charge in [-0.05, 0) is 43.9 Å². The molecule has 0 amide bonds. The number of benzene rings is 1. The third kappa shape index (κ3) is 3.44. The van der Waals surface area contributed by atoms with Crippen molar-refractivity contribution in [1.82, 2.24) is 9.78 Å². The fourth-order valence-corrected chi connectivity index (χ4v) is 4.03. The summed E-state index contributed by atoms with van der Waals surface area (Å²) in [4.78, 5) is 0. The Balaban J connectivity index is 1.49. The van der Waals surface area contributed by atoms with E-state index >= 15 is 0 Å². The normalized spacial score (nSPS) is 23.2. The van der Waals surface area contributed by atoms with Crippen LogP contribution in [0.5, 0.6) is 0 Å². The zero-order valence-electron chi connectivity index (χ0n) is 14.9. The van der Waals surface area contributed by atoms with Crippen LogP contribution in [0.15, 0.2) is 30.5 Å². The van der Waals surface area contributed by atoms with Crippen LogP contribution in [0.4, 0.5) is 5.69 Å². The van der Waals surface area contributed by atoms with E-state index in [2.05, 4.69) is 46.3 Å². The third-order valence-electron chi connectivity index (χ3n) is 5.38. The molecule has 0 unspecified atom stereocenters. The molecule has 2 aliphatic rings. The first-order valence-corrected chi connectivity index (χ1v) is 9.42. The van der Waals surface area contributed by atoms with E-state index in [0.29, 0.717) is 12.5 Å². The molecule has 0 spiro atoms. The molecule has 1 aromatic carbocycles. The number of aryl methyl sites for hydroxylation is 1. The summed E-state index contributed by atoms with van der Waals surface area (Å²) in [6.45, 7) is 6.30. The molecule has 1 N–H and O–H groups in total. The fourth-order valence-electron chi connectivity index (χ4n) is 4.03. The molecule has 0 saturated carbocycles. The van der Waals surface area contributed by atoms with E-state index in [9.17, 15) is 0 Å². The van der Waals surface area contributed by atoms with Crippen molar-refractivity contribution < 1.29 is 9.47 Å². The molecular weight excluding hydrogens is 314 g/mol. The highest BCUT2D eigenvalue weighted by Crippen LogP contribution is 2.34. The quantitative estimate of drug-likeness (QED) is 0.903. The van der Waals surface area contributed by atoms with Crippen LogP contribution in [-0.4, -0.2) is 29.5 Å². The summed E-state index contributed by atoms with van der Waals surface area (Å²) in [6.07, 6.45) is 5.32. The van der Waals surface area contributed by atoms with Gasteiger partial charge in [-0.25, -0.2) is 0 Å². The van der Waals surface area contributed by atoms with Crippen molar-refractivity contribution in [3.8, 4) is 0 Å². The monoisotopic (exact) mass is 341 g/mol. The van der Waals surface area contributed by atoms with E-state index in [4.69, 9.17) is 9.47 Å². The molecular formula is C20H27N3O2. The second-order valence-electron chi connectivity index (χ2n) is 6.89. The Morgan fingerprint density at radius 1 is 1.28 bits per heavy atom. The van der Waals surface area contributed by atoms with Gasteiger partial charge in [0.25, 0.3) is 0 Å². The average Bonchev–Trinajstić information content (AvgIpc) is 3.15. The highest BCUT2D eigenvalue weighted by atomic mass is 16.5. The molecule has 1 aromatic heterocycles. The van der Waals surface area contributed by atoms with Crippen LogP contribution in [0.3, 0.4) is 0 Å². The first-order valence-electron chi connectivity index (χ1n) is 9.42. The molecule has 2 aromatic rings. The SMILES string of the molecule is CCn1nccc1[C@@H]1OCCC[C@H]1CNc1cccc2c1COCC2. The van der Waals surface area contributed by atoms with E-state index in [-0.39, 0.29) is 6.10 Å². The van der Waals surface area contributed by atoms with Crippen LogP contribution in [0.1, 0.15) is 42.7 Å². The predicted molar refractivity (Wildman–Crippen MR) is 97.6 cm³/mol. The molecule has 1 fully saturated rings. The maximum atomic E-state index is 6.15. The average molecular weight is 341 g/mol. The summed E-state index contributed by atoms with van der Waals surface area (Å²) in [6, 6.07) is 8.63. The Morgan fingerprint density at radius 2 is 2.24 bits per heavy atom. The lowest BCUT2D eigenvalue weighted by Crippen LogP contribution is -2.30. The first kappa shape index (κ1) is 16.6. The Hall–Kier alpha value is -1.85. The number of hydrogen-bond donors (Lipinski definition) is 1. The molecule has 0 bridgehead atoms. The van der Waals surface area contributed by atoms with Crippen molar-refractivity contribution in [2.24, 2.45) is 5.92 Å². The van der Waals surface area contributed by atoms with Gasteiger partial charge in [-0.15, -0.1) is 0 Å². The van der Waals surface area contributed by atoms with Crippen molar-refractivity contribution in [2.75, 3.05) is 25.1 Å². The molecule has 1 saturated heterocycles. The van der Waals surface area contributed by atoms with Crippen LogP contribution in [0.25, 0.3) is 0 Å². The Labute approximate surface area is 149 Å². The Bertz CT molecular complexity index is 713. The minimum atomic E-state index is 0.125. The number of nitrogens with zero attached hydrogens (tertiary/aromatic N) is 2. The fraction of sp³-hybridized carbons (Fsp3) is 0.550. The summed E-state index contributed by atoms with van der Waals surface area (Å²) in [7, 11) is 0. The highest BCUT2D eigenvalue weighted by molar-refractivity contribution is 5.55. The van der Waals surface area contributed by atoms with Crippen molar-refractivity contribution >= 4 is 5.69 Å². The molecule has 134 valence electrons. The standard InChI is InChI=1S/C20H27N3O2/c1-2-23-19(8-10-22-23)20-16(6-4-11-25-20)13-21-18-7-3-5-15-9-12-24-14-17(15)18/h3,5,7-8,10,16,20-21H,2,4,6,9,11-14H2,1H3/t16-,20+/m0/s1. The number of ether oxygens (including phenoxy) is 2. The maximum absolute atomic E-state index is 6.15. The van der Waals surface area contributed by atoms with Gasteiger partial charge in [-0.3, -0.25) is 4.68 Å². The lowest BCUT2D eigenvalue weighted by molar-refractivity contribution is -0.0288. The van der Waals surface area contributed by atoms with Crippen LogP contribution in [0.2, 0.25) is 0 Å². The Morgan fingerprint density at radius 3 is 3.16 bits per heavy atom. The molecule has 5 heteroatoms. The minimum Gasteiger partial charge on any atom is -0.384 e. The van der Waals surface area contributed by atoms with E-state index in [1.54, 1.807) is 0 Å². The number of anilines is 1. The van der Waals surface area contributed by atoms with Gasteiger partial charge in [0, 0.05) is 43.1 Å². The van der Waals surface area contributed by atoms with Crippen LogP contribution in [-0.2, 0) is 29.0 Å². The minimum absolute atomic E-state index is 0.125. The molecule has 5 nitrogen and oxygen atoms in total. The van der Waals surface area contributed by atoms with Gasteiger partial charge in [-0.2, -0.15) is 5.10 Å². The number of aromatic nitrogens is 2. The van der Waals surface area contributed by atoms with Gasteiger partial charge in [0.15, 0.2) is 0 Å². The lowest BCUT2D eigenvalue weighted by atomic mass is 9.91. The smallest absolute Gasteiger partial charge is 0.104 e. The van der Waals surface area contributed by atoms with Crippen LogP contribution in [0, 0.1) is 5.92 Å². The zero-order valence-corrected chi connectivity index (χ0v) is 14.9. The van der Waals surface area contributed by atoms with Crippen molar-refractivity contribution in [2.45, 2.75) is 45.4 Å². The summed E-state index contributed by atoms with van der Waals surface area (Å²) in [5.41, 5.74) is 5.15. The van der Waals surface area contributed by atoms with Gasteiger partial charge in [-0.1, -0.05) is 12.1 Å². The van der Waals surface area contributed by atoms with E-state index in [1.807, 2.05) is 6.20 Å². The molecule has 2 aliphatic heterocycles.